The van der Waals surface area contributed by atoms with Gasteiger partial charge in [-0.05, 0) is 36.2 Å². The zero-order chi connectivity index (χ0) is 15.9. The normalized spacial score (nSPS) is 10.0. The Morgan fingerprint density at radius 1 is 1.32 bits per heavy atom. The van der Waals surface area contributed by atoms with Gasteiger partial charge in [0.1, 0.15) is 12.3 Å². The molecule has 0 unspecified atom stereocenters. The van der Waals surface area contributed by atoms with Gasteiger partial charge in [0.05, 0.1) is 18.5 Å². The molecule has 0 aliphatic heterocycles. The van der Waals surface area contributed by atoms with Crippen LogP contribution in [0.3, 0.4) is 0 Å². The van der Waals surface area contributed by atoms with E-state index in [1.807, 2.05) is 30.3 Å². The molecular formula is C17H19N3O2. The number of benzene rings is 1. The first-order valence-electron chi connectivity index (χ1n) is 7.16. The van der Waals surface area contributed by atoms with Crippen molar-refractivity contribution >= 4 is 11.6 Å². The van der Waals surface area contributed by atoms with Crippen molar-refractivity contribution in [3.8, 4) is 6.19 Å². The van der Waals surface area contributed by atoms with Crippen LogP contribution in [0.4, 0.5) is 5.69 Å². The smallest absolute Gasteiger partial charge is 0.243 e. The quantitative estimate of drug-likeness (QED) is 0.607. The van der Waals surface area contributed by atoms with Crippen LogP contribution in [0.2, 0.25) is 0 Å². The Bertz CT molecular complexity index is 659. The SMILES string of the molecule is CCc1cccc(N(C#N)CC(=O)N(C)Cc2ccco2)c1. The van der Waals surface area contributed by atoms with Gasteiger partial charge in [-0.3, -0.25) is 9.69 Å². The number of hydrogen-bond acceptors (Lipinski definition) is 4. The van der Waals surface area contributed by atoms with E-state index in [0.717, 1.165) is 17.7 Å². The molecular weight excluding hydrogens is 278 g/mol. The minimum atomic E-state index is -0.139. The van der Waals surface area contributed by atoms with E-state index in [-0.39, 0.29) is 12.5 Å². The molecule has 0 atom stereocenters. The van der Waals surface area contributed by atoms with Crippen LogP contribution >= 0.6 is 0 Å². The Hall–Kier alpha value is -2.74. The first kappa shape index (κ1) is 15.6. The second kappa shape index (κ2) is 7.32. The van der Waals surface area contributed by atoms with Crippen molar-refractivity contribution in [1.82, 2.24) is 4.90 Å². The Morgan fingerprint density at radius 3 is 2.77 bits per heavy atom. The first-order valence-corrected chi connectivity index (χ1v) is 7.16. The van der Waals surface area contributed by atoms with Crippen molar-refractivity contribution in [2.75, 3.05) is 18.5 Å². The molecule has 1 aromatic carbocycles. The largest absolute Gasteiger partial charge is 0.467 e. The van der Waals surface area contributed by atoms with Crippen molar-refractivity contribution in [2.45, 2.75) is 19.9 Å². The molecule has 0 saturated heterocycles. The molecule has 1 amide bonds. The van der Waals surface area contributed by atoms with Crippen molar-refractivity contribution < 1.29 is 9.21 Å². The number of aryl methyl sites for hydroxylation is 1. The lowest BCUT2D eigenvalue weighted by Crippen LogP contribution is -2.36. The number of rotatable bonds is 6. The summed E-state index contributed by atoms with van der Waals surface area (Å²) in [4.78, 5) is 15.2. The lowest BCUT2D eigenvalue weighted by atomic mass is 10.1. The highest BCUT2D eigenvalue weighted by Crippen LogP contribution is 2.16. The van der Waals surface area contributed by atoms with Gasteiger partial charge in [-0.25, -0.2) is 0 Å². The standard InChI is InChI=1S/C17H19N3O2/c1-3-14-6-4-7-15(10-14)20(13-18)12-17(21)19(2)11-16-8-5-9-22-16/h4-10H,3,11-12H2,1-2H3. The van der Waals surface area contributed by atoms with Crippen LogP contribution in [0.25, 0.3) is 0 Å². The van der Waals surface area contributed by atoms with Crippen LogP contribution in [-0.4, -0.2) is 24.4 Å². The average Bonchev–Trinajstić information content (AvgIpc) is 3.05. The maximum absolute atomic E-state index is 12.3. The van der Waals surface area contributed by atoms with Gasteiger partial charge in [0.15, 0.2) is 6.19 Å². The zero-order valence-electron chi connectivity index (χ0n) is 12.8. The minimum absolute atomic E-state index is 0.0148. The number of likely N-dealkylation sites (N-methyl/N-ethyl adjacent to an activating group) is 1. The highest BCUT2D eigenvalue weighted by Gasteiger charge is 2.16. The Kier molecular flexibility index (Phi) is 5.21. The predicted octanol–water partition coefficient (Wildman–Crippen LogP) is 2.79. The van der Waals surface area contributed by atoms with Gasteiger partial charge in [0, 0.05) is 7.05 Å². The minimum Gasteiger partial charge on any atom is -0.467 e. The number of furan rings is 1. The number of nitriles is 1. The number of carbonyl (C=O) groups is 1. The van der Waals surface area contributed by atoms with E-state index in [4.69, 9.17) is 4.42 Å². The summed E-state index contributed by atoms with van der Waals surface area (Å²) in [6.07, 6.45) is 4.54. The Balaban J connectivity index is 2.02. The van der Waals surface area contributed by atoms with E-state index < -0.39 is 0 Å². The lowest BCUT2D eigenvalue weighted by Gasteiger charge is -2.20. The Morgan fingerprint density at radius 2 is 2.14 bits per heavy atom. The molecule has 0 aliphatic rings. The molecule has 2 aromatic rings. The lowest BCUT2D eigenvalue weighted by molar-refractivity contribution is -0.129. The Labute approximate surface area is 130 Å². The maximum Gasteiger partial charge on any atom is 0.243 e. The summed E-state index contributed by atoms with van der Waals surface area (Å²) in [5, 5.41) is 9.32. The number of nitrogens with zero attached hydrogens (tertiary/aromatic N) is 3. The number of anilines is 1. The molecule has 1 aromatic heterocycles. The third-order valence-electron chi connectivity index (χ3n) is 3.44. The summed E-state index contributed by atoms with van der Waals surface area (Å²) in [7, 11) is 1.70. The number of carbonyl (C=O) groups excluding carboxylic acids is 1. The molecule has 114 valence electrons. The van der Waals surface area contributed by atoms with E-state index in [0.29, 0.717) is 12.3 Å². The van der Waals surface area contributed by atoms with Crippen molar-refractivity contribution in [3.63, 3.8) is 0 Å². The molecule has 2 rings (SSSR count). The highest BCUT2D eigenvalue weighted by atomic mass is 16.3. The van der Waals surface area contributed by atoms with Gasteiger partial charge >= 0.3 is 0 Å². The van der Waals surface area contributed by atoms with Gasteiger partial charge in [-0.2, -0.15) is 5.26 Å². The van der Waals surface area contributed by atoms with Crippen LogP contribution in [0.15, 0.2) is 47.1 Å². The molecule has 1 heterocycles. The molecule has 5 heteroatoms. The van der Waals surface area contributed by atoms with Gasteiger partial charge in [0.25, 0.3) is 0 Å². The van der Waals surface area contributed by atoms with Crippen molar-refractivity contribution in [2.24, 2.45) is 0 Å². The van der Waals surface area contributed by atoms with E-state index in [1.54, 1.807) is 24.3 Å². The highest BCUT2D eigenvalue weighted by molar-refractivity contribution is 5.82. The summed E-state index contributed by atoms with van der Waals surface area (Å²) in [6.45, 7) is 2.46. The molecule has 0 saturated carbocycles. The van der Waals surface area contributed by atoms with E-state index >= 15 is 0 Å². The topological polar surface area (TPSA) is 60.5 Å². The predicted molar refractivity (Wildman–Crippen MR) is 84.0 cm³/mol. The zero-order valence-corrected chi connectivity index (χ0v) is 12.8. The molecule has 0 radical (unpaired) electrons. The van der Waals surface area contributed by atoms with Crippen molar-refractivity contribution in [1.29, 1.82) is 5.26 Å². The molecule has 0 bridgehead atoms. The third kappa shape index (κ3) is 3.89. The summed E-state index contributed by atoms with van der Waals surface area (Å²) in [6, 6.07) is 11.3. The molecule has 22 heavy (non-hydrogen) atoms. The summed E-state index contributed by atoms with van der Waals surface area (Å²) in [5.74, 6) is 0.576. The average molecular weight is 297 g/mol. The second-order valence-electron chi connectivity index (χ2n) is 5.04. The third-order valence-corrected chi connectivity index (χ3v) is 3.44. The van der Waals surface area contributed by atoms with Crippen molar-refractivity contribution in [3.05, 3.63) is 54.0 Å². The second-order valence-corrected chi connectivity index (χ2v) is 5.04. The molecule has 0 spiro atoms. The molecule has 0 fully saturated rings. The molecule has 0 N–H and O–H groups in total. The van der Waals surface area contributed by atoms with Crippen LogP contribution in [-0.2, 0) is 17.8 Å². The number of amides is 1. The van der Waals surface area contributed by atoms with Crippen LogP contribution in [0.1, 0.15) is 18.2 Å². The summed E-state index contributed by atoms with van der Waals surface area (Å²) >= 11 is 0. The van der Waals surface area contributed by atoms with Gasteiger partial charge in [-0.1, -0.05) is 19.1 Å². The molecule has 0 aliphatic carbocycles. The van der Waals surface area contributed by atoms with E-state index in [1.165, 1.54) is 4.90 Å². The van der Waals surface area contributed by atoms with E-state index in [2.05, 4.69) is 13.1 Å². The number of hydrogen-bond donors (Lipinski definition) is 0. The fraction of sp³-hybridized carbons (Fsp3) is 0.294. The fourth-order valence-corrected chi connectivity index (χ4v) is 2.11. The fourth-order valence-electron chi connectivity index (χ4n) is 2.11. The maximum atomic E-state index is 12.3. The monoisotopic (exact) mass is 297 g/mol. The van der Waals surface area contributed by atoms with Crippen LogP contribution in [0.5, 0.6) is 0 Å². The van der Waals surface area contributed by atoms with Gasteiger partial charge in [0.2, 0.25) is 5.91 Å². The van der Waals surface area contributed by atoms with Crippen LogP contribution in [0, 0.1) is 11.5 Å². The van der Waals surface area contributed by atoms with Gasteiger partial charge < -0.3 is 9.32 Å². The summed E-state index contributed by atoms with van der Waals surface area (Å²) in [5.41, 5.74) is 1.87. The van der Waals surface area contributed by atoms with E-state index in [9.17, 15) is 10.1 Å². The van der Waals surface area contributed by atoms with Crippen LogP contribution < -0.4 is 4.90 Å². The summed E-state index contributed by atoms with van der Waals surface area (Å²) < 4.78 is 5.23. The molecule has 5 nitrogen and oxygen atoms in total. The van der Waals surface area contributed by atoms with Gasteiger partial charge in [-0.15, -0.1) is 0 Å². The first-order chi connectivity index (χ1) is 10.6.